The SMILES string of the molecule is CN1CCN(C2=CC3C(C=C2F)C(=O)C(C(=O)O)=CN3C2CC2)CC1. The lowest BCUT2D eigenvalue weighted by atomic mass is 9.82. The monoisotopic (exact) mass is 347 g/mol. The standard InChI is InChI=1S/C18H22FN3O3/c1-20-4-6-21(7-5-20)16-9-15-12(8-14(16)19)17(23)13(18(24)25)10-22(15)11-2-3-11/h8-12,15H,2-7H2,1H3,(H,24,25). The van der Waals surface area contributed by atoms with Crippen molar-refractivity contribution in [3.63, 3.8) is 0 Å². The third-order valence-electron chi connectivity index (χ3n) is 5.50. The molecule has 4 aliphatic rings. The van der Waals surface area contributed by atoms with Crippen LogP contribution in [0.3, 0.4) is 0 Å². The van der Waals surface area contributed by atoms with E-state index < -0.39 is 23.5 Å². The number of hydrogen-bond donors (Lipinski definition) is 1. The van der Waals surface area contributed by atoms with Gasteiger partial charge in [0, 0.05) is 38.4 Å². The third kappa shape index (κ3) is 2.86. The Kier molecular flexibility index (Phi) is 3.91. The topological polar surface area (TPSA) is 64.1 Å². The summed E-state index contributed by atoms with van der Waals surface area (Å²) in [5.74, 6) is -2.91. The Morgan fingerprint density at radius 1 is 1.20 bits per heavy atom. The molecule has 4 rings (SSSR count). The number of fused-ring (bicyclic) bond motifs is 1. The Morgan fingerprint density at radius 2 is 1.88 bits per heavy atom. The summed E-state index contributed by atoms with van der Waals surface area (Å²) in [6, 6.07) is -0.0493. The van der Waals surface area contributed by atoms with Crippen LogP contribution in [-0.2, 0) is 9.59 Å². The molecule has 0 aromatic carbocycles. The molecular weight excluding hydrogens is 325 g/mol. The van der Waals surface area contributed by atoms with Crippen LogP contribution in [-0.4, -0.2) is 76.9 Å². The maximum absolute atomic E-state index is 14.7. The molecule has 2 fully saturated rings. The minimum atomic E-state index is -1.24. The van der Waals surface area contributed by atoms with Gasteiger partial charge in [-0.25, -0.2) is 9.18 Å². The molecule has 0 bridgehead atoms. The molecule has 0 amide bonds. The van der Waals surface area contributed by atoms with Gasteiger partial charge in [0.05, 0.1) is 17.7 Å². The van der Waals surface area contributed by atoms with E-state index in [4.69, 9.17) is 0 Å². The molecule has 6 nitrogen and oxygen atoms in total. The van der Waals surface area contributed by atoms with Crippen molar-refractivity contribution in [3.8, 4) is 0 Å². The van der Waals surface area contributed by atoms with Crippen LogP contribution in [0.15, 0.2) is 35.4 Å². The first-order valence-corrected chi connectivity index (χ1v) is 8.75. The highest BCUT2D eigenvalue weighted by molar-refractivity contribution is 6.18. The minimum Gasteiger partial charge on any atom is -0.478 e. The number of carbonyl (C=O) groups excluding carboxylic acids is 1. The van der Waals surface area contributed by atoms with Crippen LogP contribution in [0, 0.1) is 5.92 Å². The van der Waals surface area contributed by atoms with Gasteiger partial charge in [-0.3, -0.25) is 4.79 Å². The fraction of sp³-hybridized carbons (Fsp3) is 0.556. The number of aliphatic carboxylic acids is 1. The van der Waals surface area contributed by atoms with E-state index >= 15 is 0 Å². The molecule has 2 atom stereocenters. The second-order valence-corrected chi connectivity index (χ2v) is 7.26. The van der Waals surface area contributed by atoms with Crippen molar-refractivity contribution in [2.45, 2.75) is 24.9 Å². The number of carboxylic acids is 1. The van der Waals surface area contributed by atoms with Gasteiger partial charge in [0.15, 0.2) is 5.78 Å². The zero-order valence-electron chi connectivity index (χ0n) is 14.2. The molecule has 25 heavy (non-hydrogen) atoms. The normalized spacial score (nSPS) is 30.5. The summed E-state index contributed by atoms with van der Waals surface area (Å²) in [5, 5.41) is 9.31. The first-order chi connectivity index (χ1) is 12.0. The van der Waals surface area contributed by atoms with Crippen molar-refractivity contribution < 1.29 is 19.1 Å². The zero-order valence-corrected chi connectivity index (χ0v) is 14.2. The molecule has 2 aliphatic heterocycles. The molecule has 2 heterocycles. The summed E-state index contributed by atoms with van der Waals surface area (Å²) in [5.41, 5.74) is 0.300. The number of carboxylic acid groups (broad SMARTS) is 1. The van der Waals surface area contributed by atoms with Gasteiger partial charge in [-0.05, 0) is 32.0 Å². The summed E-state index contributed by atoms with van der Waals surface area (Å²) in [6.07, 6.45) is 6.58. The third-order valence-corrected chi connectivity index (χ3v) is 5.50. The molecule has 0 aromatic heterocycles. The first kappa shape index (κ1) is 16.3. The van der Waals surface area contributed by atoms with E-state index in [0.29, 0.717) is 5.70 Å². The second-order valence-electron chi connectivity index (χ2n) is 7.26. The summed E-state index contributed by atoms with van der Waals surface area (Å²) in [6.45, 7) is 3.23. The molecule has 2 aliphatic carbocycles. The van der Waals surface area contributed by atoms with Gasteiger partial charge >= 0.3 is 5.97 Å². The van der Waals surface area contributed by atoms with Crippen molar-refractivity contribution in [1.82, 2.24) is 14.7 Å². The Labute approximate surface area is 145 Å². The largest absolute Gasteiger partial charge is 0.478 e. The summed E-state index contributed by atoms with van der Waals surface area (Å²) in [7, 11) is 2.04. The number of halogens is 1. The predicted octanol–water partition coefficient (Wildman–Crippen LogP) is 0.985. The lowest BCUT2D eigenvalue weighted by Gasteiger charge is -2.42. The summed E-state index contributed by atoms with van der Waals surface area (Å²) < 4.78 is 14.7. The molecule has 0 spiro atoms. The number of allylic oxidation sites excluding steroid dienone is 1. The molecular formula is C18H22FN3O3. The number of nitrogens with zero attached hydrogens (tertiary/aromatic N) is 3. The van der Waals surface area contributed by atoms with Gasteiger partial charge < -0.3 is 19.8 Å². The minimum absolute atomic E-state index is 0.242. The molecule has 1 saturated carbocycles. The van der Waals surface area contributed by atoms with Crippen LogP contribution in [0.5, 0.6) is 0 Å². The van der Waals surface area contributed by atoms with Crippen LogP contribution in [0.2, 0.25) is 0 Å². The smallest absolute Gasteiger partial charge is 0.340 e. The van der Waals surface area contributed by atoms with E-state index in [1.165, 1.54) is 12.3 Å². The van der Waals surface area contributed by atoms with Crippen LogP contribution in [0.4, 0.5) is 4.39 Å². The van der Waals surface area contributed by atoms with E-state index in [0.717, 1.165) is 39.0 Å². The maximum atomic E-state index is 14.7. The second kappa shape index (κ2) is 5.98. The molecule has 2 unspecified atom stereocenters. The average Bonchev–Trinajstić information content (AvgIpc) is 3.41. The number of likely N-dealkylation sites (N-methyl/N-ethyl adjacent to an activating group) is 1. The van der Waals surface area contributed by atoms with E-state index in [9.17, 15) is 19.1 Å². The van der Waals surface area contributed by atoms with Gasteiger partial charge in [0.1, 0.15) is 11.4 Å². The quantitative estimate of drug-likeness (QED) is 0.768. The highest BCUT2D eigenvalue weighted by Crippen LogP contribution is 2.40. The lowest BCUT2D eigenvalue weighted by Crippen LogP contribution is -2.49. The number of piperazine rings is 1. The van der Waals surface area contributed by atoms with Crippen molar-refractivity contribution in [1.29, 1.82) is 0 Å². The Morgan fingerprint density at radius 3 is 2.48 bits per heavy atom. The van der Waals surface area contributed by atoms with E-state index in [-0.39, 0.29) is 17.7 Å². The van der Waals surface area contributed by atoms with Crippen LogP contribution in [0.25, 0.3) is 0 Å². The predicted molar refractivity (Wildman–Crippen MR) is 89.2 cm³/mol. The maximum Gasteiger partial charge on any atom is 0.340 e. The fourth-order valence-corrected chi connectivity index (χ4v) is 3.85. The number of carbonyl (C=O) groups is 2. The zero-order chi connectivity index (χ0) is 17.7. The molecule has 0 radical (unpaired) electrons. The van der Waals surface area contributed by atoms with Crippen LogP contribution >= 0.6 is 0 Å². The van der Waals surface area contributed by atoms with Crippen molar-refractivity contribution >= 4 is 11.8 Å². The molecule has 0 aromatic rings. The van der Waals surface area contributed by atoms with Gasteiger partial charge in [-0.1, -0.05) is 0 Å². The summed E-state index contributed by atoms with van der Waals surface area (Å²) in [4.78, 5) is 30.1. The average molecular weight is 347 g/mol. The fourth-order valence-electron chi connectivity index (χ4n) is 3.85. The Bertz CT molecular complexity index is 702. The van der Waals surface area contributed by atoms with Crippen molar-refractivity contribution in [3.05, 3.63) is 35.4 Å². The van der Waals surface area contributed by atoms with Gasteiger partial charge in [0.2, 0.25) is 0 Å². The summed E-state index contributed by atoms with van der Waals surface area (Å²) >= 11 is 0. The molecule has 7 heteroatoms. The van der Waals surface area contributed by atoms with E-state index in [1.807, 2.05) is 22.9 Å². The molecule has 134 valence electrons. The van der Waals surface area contributed by atoms with E-state index in [2.05, 4.69) is 4.90 Å². The van der Waals surface area contributed by atoms with E-state index in [1.54, 1.807) is 0 Å². The van der Waals surface area contributed by atoms with Crippen LogP contribution in [0.1, 0.15) is 12.8 Å². The molecule has 1 N–H and O–H groups in total. The lowest BCUT2D eigenvalue weighted by molar-refractivity contribution is -0.136. The number of hydrogen-bond acceptors (Lipinski definition) is 5. The van der Waals surface area contributed by atoms with Crippen LogP contribution < -0.4 is 0 Å². The highest BCUT2D eigenvalue weighted by Gasteiger charge is 2.45. The Balaban J connectivity index is 1.68. The van der Waals surface area contributed by atoms with Crippen molar-refractivity contribution in [2.24, 2.45) is 5.92 Å². The number of Topliss-reactive ketones (excluding diaryl/α,β-unsaturated/α-hetero) is 1. The van der Waals surface area contributed by atoms with Gasteiger partial charge in [-0.2, -0.15) is 0 Å². The Hall–Kier alpha value is -2.15. The first-order valence-electron chi connectivity index (χ1n) is 8.75. The number of rotatable bonds is 3. The van der Waals surface area contributed by atoms with Crippen molar-refractivity contribution in [2.75, 3.05) is 33.2 Å². The molecule has 1 saturated heterocycles. The van der Waals surface area contributed by atoms with Gasteiger partial charge in [0.25, 0.3) is 0 Å². The highest BCUT2D eigenvalue weighted by atomic mass is 19.1. The number of ketones is 1. The van der Waals surface area contributed by atoms with Gasteiger partial charge in [-0.15, -0.1) is 0 Å².